The van der Waals surface area contributed by atoms with Gasteiger partial charge in [0.2, 0.25) is 0 Å². The van der Waals surface area contributed by atoms with E-state index in [4.69, 9.17) is 21.1 Å². The van der Waals surface area contributed by atoms with E-state index < -0.39 is 0 Å². The predicted molar refractivity (Wildman–Crippen MR) is 79.7 cm³/mol. The summed E-state index contributed by atoms with van der Waals surface area (Å²) in [4.78, 5) is 2.31. The molecule has 0 aromatic heterocycles. The Morgan fingerprint density at radius 1 is 1.25 bits per heavy atom. The predicted octanol–water partition coefficient (Wildman–Crippen LogP) is 2.70. The third kappa shape index (κ3) is 3.78. The SMILES string of the molecule is COc1cc(Cl)c(CN2CCC[C@@H](O)CC2)c(OC)c1. The number of rotatable bonds is 4. The maximum absolute atomic E-state index is 9.70. The Morgan fingerprint density at radius 3 is 2.75 bits per heavy atom. The lowest BCUT2D eigenvalue weighted by Crippen LogP contribution is -2.25. The van der Waals surface area contributed by atoms with Crippen LogP contribution < -0.4 is 9.47 Å². The van der Waals surface area contributed by atoms with Crippen molar-refractivity contribution in [3.8, 4) is 11.5 Å². The van der Waals surface area contributed by atoms with Crippen LogP contribution in [0.1, 0.15) is 24.8 Å². The molecule has 0 amide bonds. The van der Waals surface area contributed by atoms with Crippen molar-refractivity contribution in [3.05, 3.63) is 22.7 Å². The molecule has 0 saturated carbocycles. The molecule has 1 aliphatic rings. The normalized spacial score (nSPS) is 20.5. The van der Waals surface area contributed by atoms with E-state index in [0.717, 1.165) is 50.2 Å². The summed E-state index contributed by atoms with van der Waals surface area (Å²) in [6.07, 6.45) is 2.53. The van der Waals surface area contributed by atoms with Crippen LogP contribution >= 0.6 is 11.6 Å². The van der Waals surface area contributed by atoms with Gasteiger partial charge in [0.1, 0.15) is 11.5 Å². The van der Waals surface area contributed by atoms with Gasteiger partial charge in [0.15, 0.2) is 0 Å². The first-order valence-corrected chi connectivity index (χ1v) is 7.32. The lowest BCUT2D eigenvalue weighted by atomic mass is 10.1. The molecule has 4 nitrogen and oxygen atoms in total. The Morgan fingerprint density at radius 2 is 2.05 bits per heavy atom. The van der Waals surface area contributed by atoms with Gasteiger partial charge in [-0.15, -0.1) is 0 Å². The fourth-order valence-corrected chi connectivity index (χ4v) is 2.82. The molecule has 1 aromatic carbocycles. The lowest BCUT2D eigenvalue weighted by molar-refractivity contribution is 0.154. The van der Waals surface area contributed by atoms with Crippen LogP contribution in [0, 0.1) is 0 Å². The van der Waals surface area contributed by atoms with Crippen LogP contribution in [0.5, 0.6) is 11.5 Å². The quantitative estimate of drug-likeness (QED) is 0.928. The highest BCUT2D eigenvalue weighted by atomic mass is 35.5. The molecule has 5 heteroatoms. The second kappa shape index (κ2) is 7.16. The monoisotopic (exact) mass is 299 g/mol. The number of likely N-dealkylation sites (tertiary alicyclic amines) is 1. The zero-order valence-corrected chi connectivity index (χ0v) is 12.8. The molecular weight excluding hydrogens is 278 g/mol. The van der Waals surface area contributed by atoms with Crippen LogP contribution in [0.15, 0.2) is 12.1 Å². The van der Waals surface area contributed by atoms with Crippen molar-refractivity contribution in [1.82, 2.24) is 4.90 Å². The van der Waals surface area contributed by atoms with Gasteiger partial charge in [-0.3, -0.25) is 4.90 Å². The zero-order valence-electron chi connectivity index (χ0n) is 12.1. The van der Waals surface area contributed by atoms with Crippen LogP contribution in [0.3, 0.4) is 0 Å². The summed E-state index contributed by atoms with van der Waals surface area (Å²) in [5.41, 5.74) is 0.978. The number of benzene rings is 1. The molecule has 1 heterocycles. The van der Waals surface area contributed by atoms with Gasteiger partial charge in [-0.1, -0.05) is 11.6 Å². The smallest absolute Gasteiger partial charge is 0.128 e. The number of aliphatic hydroxyl groups is 1. The van der Waals surface area contributed by atoms with Crippen LogP contribution in [0.25, 0.3) is 0 Å². The molecule has 1 aliphatic heterocycles. The van der Waals surface area contributed by atoms with Crippen LogP contribution in [-0.4, -0.2) is 43.4 Å². The second-order valence-corrected chi connectivity index (χ2v) is 5.56. The summed E-state index contributed by atoms with van der Waals surface area (Å²) < 4.78 is 10.6. The maximum atomic E-state index is 9.70. The molecular formula is C15H22ClNO3. The van der Waals surface area contributed by atoms with Gasteiger partial charge in [-0.05, 0) is 31.9 Å². The molecule has 0 unspecified atom stereocenters. The zero-order chi connectivity index (χ0) is 14.5. The summed E-state index contributed by atoms with van der Waals surface area (Å²) in [6, 6.07) is 3.67. The van der Waals surface area contributed by atoms with Crippen molar-refractivity contribution in [1.29, 1.82) is 0 Å². The molecule has 20 heavy (non-hydrogen) atoms. The van der Waals surface area contributed by atoms with Crippen molar-refractivity contribution >= 4 is 11.6 Å². The van der Waals surface area contributed by atoms with Crippen molar-refractivity contribution in [2.45, 2.75) is 31.9 Å². The fraction of sp³-hybridized carbons (Fsp3) is 0.600. The number of methoxy groups -OCH3 is 2. The largest absolute Gasteiger partial charge is 0.497 e. The minimum absolute atomic E-state index is 0.173. The van der Waals surface area contributed by atoms with E-state index in [2.05, 4.69) is 4.90 Å². The molecule has 1 atom stereocenters. The standard InChI is InChI=1S/C15H22ClNO3/c1-19-12-8-14(16)13(15(9-12)20-2)10-17-6-3-4-11(18)5-7-17/h8-9,11,18H,3-7,10H2,1-2H3/t11-/m1/s1. The van der Waals surface area contributed by atoms with E-state index >= 15 is 0 Å². The van der Waals surface area contributed by atoms with Gasteiger partial charge in [-0.2, -0.15) is 0 Å². The van der Waals surface area contributed by atoms with E-state index in [1.165, 1.54) is 0 Å². The first kappa shape index (κ1) is 15.4. The van der Waals surface area contributed by atoms with Crippen molar-refractivity contribution in [2.24, 2.45) is 0 Å². The number of ether oxygens (including phenoxy) is 2. The highest BCUT2D eigenvalue weighted by Gasteiger charge is 2.18. The maximum Gasteiger partial charge on any atom is 0.128 e. The molecule has 112 valence electrons. The van der Waals surface area contributed by atoms with E-state index in [1.54, 1.807) is 14.2 Å². The lowest BCUT2D eigenvalue weighted by Gasteiger charge is -2.22. The molecule has 2 rings (SSSR count). The van der Waals surface area contributed by atoms with Gasteiger partial charge >= 0.3 is 0 Å². The molecule has 0 radical (unpaired) electrons. The van der Waals surface area contributed by atoms with Gasteiger partial charge in [-0.25, -0.2) is 0 Å². The molecule has 1 aromatic rings. The van der Waals surface area contributed by atoms with Gasteiger partial charge in [0, 0.05) is 24.7 Å². The minimum Gasteiger partial charge on any atom is -0.497 e. The first-order valence-electron chi connectivity index (χ1n) is 6.95. The highest BCUT2D eigenvalue weighted by Crippen LogP contribution is 2.33. The Labute approximate surface area is 125 Å². The number of halogens is 1. The van der Waals surface area contributed by atoms with Gasteiger partial charge < -0.3 is 14.6 Å². The first-order chi connectivity index (χ1) is 9.63. The molecule has 0 aliphatic carbocycles. The average Bonchev–Trinajstić information content (AvgIpc) is 2.65. The van der Waals surface area contributed by atoms with E-state index in [9.17, 15) is 5.11 Å². The van der Waals surface area contributed by atoms with Crippen LogP contribution in [-0.2, 0) is 6.54 Å². The van der Waals surface area contributed by atoms with Crippen LogP contribution in [0.4, 0.5) is 0 Å². The molecule has 1 N–H and O–H groups in total. The molecule has 0 spiro atoms. The summed E-state index contributed by atoms with van der Waals surface area (Å²) in [5, 5.41) is 10.4. The van der Waals surface area contributed by atoms with E-state index in [0.29, 0.717) is 10.8 Å². The van der Waals surface area contributed by atoms with E-state index in [1.807, 2.05) is 12.1 Å². The summed E-state index contributed by atoms with van der Waals surface area (Å²) >= 11 is 6.34. The summed E-state index contributed by atoms with van der Waals surface area (Å²) in [5.74, 6) is 1.45. The van der Waals surface area contributed by atoms with Gasteiger partial charge in [0.05, 0.1) is 25.3 Å². The topological polar surface area (TPSA) is 41.9 Å². The molecule has 0 bridgehead atoms. The van der Waals surface area contributed by atoms with Crippen LogP contribution in [0.2, 0.25) is 5.02 Å². The second-order valence-electron chi connectivity index (χ2n) is 5.15. The van der Waals surface area contributed by atoms with Crippen molar-refractivity contribution in [2.75, 3.05) is 27.3 Å². The third-order valence-electron chi connectivity index (χ3n) is 3.76. The number of nitrogens with zero attached hydrogens (tertiary/aromatic N) is 1. The number of hydrogen-bond donors (Lipinski definition) is 1. The third-order valence-corrected chi connectivity index (χ3v) is 4.09. The minimum atomic E-state index is -0.173. The Kier molecular flexibility index (Phi) is 5.52. The average molecular weight is 300 g/mol. The number of hydrogen-bond acceptors (Lipinski definition) is 4. The summed E-state index contributed by atoms with van der Waals surface area (Å²) in [6.45, 7) is 2.59. The number of aliphatic hydroxyl groups excluding tert-OH is 1. The summed E-state index contributed by atoms with van der Waals surface area (Å²) in [7, 11) is 3.25. The Hall–Kier alpha value is -0.970. The Bertz CT molecular complexity index is 453. The van der Waals surface area contributed by atoms with Crippen molar-refractivity contribution in [3.63, 3.8) is 0 Å². The molecule has 1 saturated heterocycles. The molecule has 1 fully saturated rings. The van der Waals surface area contributed by atoms with Gasteiger partial charge in [0.25, 0.3) is 0 Å². The fourth-order valence-electron chi connectivity index (χ4n) is 2.56. The van der Waals surface area contributed by atoms with Crippen molar-refractivity contribution < 1.29 is 14.6 Å². The highest BCUT2D eigenvalue weighted by molar-refractivity contribution is 6.31. The van der Waals surface area contributed by atoms with E-state index in [-0.39, 0.29) is 6.10 Å². The Balaban J connectivity index is 2.15.